The minimum absolute atomic E-state index is 0.0704. The number of hydrogen-bond acceptors (Lipinski definition) is 3. The van der Waals surface area contributed by atoms with E-state index < -0.39 is 0 Å². The monoisotopic (exact) mass is 223 g/mol. The first-order valence-electron chi connectivity index (χ1n) is 6.71. The van der Waals surface area contributed by atoms with Crippen LogP contribution in [0.1, 0.15) is 51.4 Å². The highest BCUT2D eigenvalue weighted by atomic mass is 16.3. The van der Waals surface area contributed by atoms with Gasteiger partial charge in [-0.25, -0.2) is 0 Å². The van der Waals surface area contributed by atoms with Gasteiger partial charge in [-0.1, -0.05) is 0 Å². The minimum atomic E-state index is -0.0704. The fourth-order valence-corrected chi connectivity index (χ4v) is 4.00. The Kier molecular flexibility index (Phi) is 2.76. The molecule has 3 nitrogen and oxygen atoms in total. The van der Waals surface area contributed by atoms with E-state index in [0.717, 1.165) is 38.5 Å². The Morgan fingerprint density at radius 1 is 0.938 bits per heavy atom. The lowest BCUT2D eigenvalue weighted by atomic mass is 9.89. The van der Waals surface area contributed by atoms with Gasteiger partial charge in [-0.05, 0) is 38.5 Å². The second-order valence-corrected chi connectivity index (χ2v) is 5.73. The third-order valence-corrected chi connectivity index (χ3v) is 4.70. The van der Waals surface area contributed by atoms with Crippen molar-refractivity contribution in [2.24, 2.45) is 0 Å². The van der Waals surface area contributed by atoms with E-state index in [1.54, 1.807) is 0 Å². The summed E-state index contributed by atoms with van der Waals surface area (Å²) in [6.45, 7) is 0. The number of carbonyl (C=O) groups excluding carboxylic acids is 1. The van der Waals surface area contributed by atoms with Crippen LogP contribution in [0.15, 0.2) is 0 Å². The highest BCUT2D eigenvalue weighted by Crippen LogP contribution is 2.39. The number of Topliss-reactive ketones (excluding diaryl/α,β-unsaturated/α-hetero) is 1. The van der Waals surface area contributed by atoms with Gasteiger partial charge in [0.25, 0.3) is 0 Å². The lowest BCUT2D eigenvalue weighted by Crippen LogP contribution is -2.51. The zero-order valence-electron chi connectivity index (χ0n) is 9.77. The molecule has 2 unspecified atom stereocenters. The smallest absolute Gasteiger partial charge is 0.133 e. The van der Waals surface area contributed by atoms with Crippen LogP contribution in [0.4, 0.5) is 0 Å². The summed E-state index contributed by atoms with van der Waals surface area (Å²) in [5, 5.41) is 9.77. The number of nitrogens with zero attached hydrogens (tertiary/aromatic N) is 1. The molecule has 2 aliphatic heterocycles. The predicted octanol–water partition coefficient (Wildman–Crippen LogP) is 1.49. The van der Waals surface area contributed by atoms with Gasteiger partial charge >= 0.3 is 0 Å². The van der Waals surface area contributed by atoms with Gasteiger partial charge in [-0.3, -0.25) is 9.69 Å². The molecule has 2 atom stereocenters. The number of rotatable bonds is 1. The van der Waals surface area contributed by atoms with Crippen LogP contribution in [-0.2, 0) is 4.79 Å². The van der Waals surface area contributed by atoms with Gasteiger partial charge in [-0.15, -0.1) is 0 Å². The van der Waals surface area contributed by atoms with Crippen molar-refractivity contribution < 1.29 is 9.90 Å². The summed E-state index contributed by atoms with van der Waals surface area (Å²) in [7, 11) is 0. The molecule has 0 radical (unpaired) electrons. The van der Waals surface area contributed by atoms with E-state index in [1.807, 2.05) is 0 Å². The SMILES string of the molecule is O=C1CCC(N2C3CCC2CC(O)C3)CC1. The van der Waals surface area contributed by atoms with Crippen molar-refractivity contribution in [1.82, 2.24) is 4.90 Å². The Morgan fingerprint density at radius 2 is 1.50 bits per heavy atom. The van der Waals surface area contributed by atoms with E-state index in [-0.39, 0.29) is 6.10 Å². The van der Waals surface area contributed by atoms with Gasteiger partial charge in [0.2, 0.25) is 0 Å². The van der Waals surface area contributed by atoms with Gasteiger partial charge in [0.15, 0.2) is 0 Å². The molecular formula is C13H21NO2. The van der Waals surface area contributed by atoms with Crippen LogP contribution in [0.5, 0.6) is 0 Å². The van der Waals surface area contributed by atoms with Crippen LogP contribution in [0.2, 0.25) is 0 Å². The minimum Gasteiger partial charge on any atom is -0.393 e. The molecule has 16 heavy (non-hydrogen) atoms. The Bertz CT molecular complexity index is 268. The number of ketones is 1. The van der Waals surface area contributed by atoms with E-state index in [2.05, 4.69) is 4.90 Å². The highest BCUT2D eigenvalue weighted by Gasteiger charge is 2.43. The third kappa shape index (κ3) is 1.80. The molecule has 0 aromatic heterocycles. The van der Waals surface area contributed by atoms with Crippen LogP contribution < -0.4 is 0 Å². The molecule has 90 valence electrons. The number of fused-ring (bicyclic) bond motifs is 2. The molecule has 3 fully saturated rings. The van der Waals surface area contributed by atoms with Gasteiger partial charge in [0.1, 0.15) is 5.78 Å². The number of piperidine rings is 1. The molecule has 0 spiro atoms. The molecule has 3 heteroatoms. The molecule has 3 aliphatic rings. The summed E-state index contributed by atoms with van der Waals surface area (Å²) >= 11 is 0. The van der Waals surface area contributed by atoms with Gasteiger partial charge in [0, 0.05) is 31.0 Å². The van der Waals surface area contributed by atoms with Gasteiger partial charge < -0.3 is 5.11 Å². The summed E-state index contributed by atoms with van der Waals surface area (Å²) in [6, 6.07) is 1.83. The lowest BCUT2D eigenvalue weighted by molar-refractivity contribution is -0.122. The average Bonchev–Trinajstić information content (AvgIpc) is 2.54. The Labute approximate surface area is 96.8 Å². The van der Waals surface area contributed by atoms with Crippen molar-refractivity contribution in [1.29, 1.82) is 0 Å². The first kappa shape index (κ1) is 10.7. The van der Waals surface area contributed by atoms with Crippen LogP contribution in [0.25, 0.3) is 0 Å². The number of hydrogen-bond donors (Lipinski definition) is 1. The third-order valence-electron chi connectivity index (χ3n) is 4.70. The van der Waals surface area contributed by atoms with Crippen molar-refractivity contribution in [3.05, 3.63) is 0 Å². The summed E-state index contributed by atoms with van der Waals surface area (Å²) in [5.74, 6) is 0.445. The maximum atomic E-state index is 11.3. The molecule has 0 aromatic rings. The summed E-state index contributed by atoms with van der Waals surface area (Å²) in [6.07, 6.45) is 8.04. The quantitative estimate of drug-likeness (QED) is 0.732. The van der Waals surface area contributed by atoms with E-state index in [4.69, 9.17) is 0 Å². The normalized spacial score (nSPS) is 41.6. The fourth-order valence-electron chi connectivity index (χ4n) is 4.00. The summed E-state index contributed by atoms with van der Waals surface area (Å²) in [4.78, 5) is 13.9. The molecule has 2 saturated heterocycles. The van der Waals surface area contributed by atoms with Crippen LogP contribution in [0, 0.1) is 0 Å². The standard InChI is InChI=1S/C13H21NO2/c15-12-5-3-9(4-6-12)14-10-1-2-11(14)8-13(16)7-10/h9-11,13,16H,1-8H2. The topological polar surface area (TPSA) is 40.5 Å². The number of aliphatic hydroxyl groups is 1. The first-order chi connectivity index (χ1) is 7.74. The molecule has 3 rings (SSSR count). The van der Waals surface area contributed by atoms with Crippen molar-refractivity contribution in [3.63, 3.8) is 0 Å². The van der Waals surface area contributed by atoms with Crippen molar-refractivity contribution >= 4 is 5.78 Å². The Hall–Kier alpha value is -0.410. The van der Waals surface area contributed by atoms with Gasteiger partial charge in [0.05, 0.1) is 6.10 Å². The second kappa shape index (κ2) is 4.11. The molecule has 0 aromatic carbocycles. The second-order valence-electron chi connectivity index (χ2n) is 5.73. The van der Waals surface area contributed by atoms with Crippen LogP contribution in [-0.4, -0.2) is 40.0 Å². The predicted molar refractivity (Wildman–Crippen MR) is 61.2 cm³/mol. The number of aliphatic hydroxyl groups excluding tert-OH is 1. The van der Waals surface area contributed by atoms with E-state index in [0.29, 0.717) is 23.9 Å². The molecule has 1 N–H and O–H groups in total. The zero-order valence-corrected chi connectivity index (χ0v) is 9.77. The van der Waals surface area contributed by atoms with E-state index in [1.165, 1.54) is 12.8 Å². The van der Waals surface area contributed by atoms with Crippen LogP contribution >= 0.6 is 0 Å². The van der Waals surface area contributed by atoms with Crippen molar-refractivity contribution in [2.45, 2.75) is 75.6 Å². The molecule has 1 aliphatic carbocycles. The van der Waals surface area contributed by atoms with Gasteiger partial charge in [-0.2, -0.15) is 0 Å². The maximum Gasteiger partial charge on any atom is 0.133 e. The molecule has 2 bridgehead atoms. The molecule has 1 saturated carbocycles. The summed E-state index contributed by atoms with van der Waals surface area (Å²) < 4.78 is 0. The lowest BCUT2D eigenvalue weighted by Gasteiger charge is -2.43. The zero-order chi connectivity index (χ0) is 11.1. The first-order valence-corrected chi connectivity index (χ1v) is 6.71. The maximum absolute atomic E-state index is 11.3. The number of carbonyl (C=O) groups is 1. The molecule has 0 amide bonds. The summed E-state index contributed by atoms with van der Waals surface area (Å²) in [5.41, 5.74) is 0. The Balaban J connectivity index is 1.69. The average molecular weight is 223 g/mol. The Morgan fingerprint density at radius 3 is 2.06 bits per heavy atom. The van der Waals surface area contributed by atoms with Crippen molar-refractivity contribution in [2.75, 3.05) is 0 Å². The van der Waals surface area contributed by atoms with Crippen LogP contribution in [0.3, 0.4) is 0 Å². The van der Waals surface area contributed by atoms with E-state index in [9.17, 15) is 9.90 Å². The van der Waals surface area contributed by atoms with E-state index >= 15 is 0 Å². The largest absolute Gasteiger partial charge is 0.393 e. The molecule has 2 heterocycles. The fraction of sp³-hybridized carbons (Fsp3) is 0.923. The highest BCUT2D eigenvalue weighted by molar-refractivity contribution is 5.79. The van der Waals surface area contributed by atoms with Crippen molar-refractivity contribution in [3.8, 4) is 0 Å². The molecular weight excluding hydrogens is 202 g/mol.